The monoisotopic (exact) mass is 304 g/mol. The van der Waals surface area contributed by atoms with E-state index in [1.165, 1.54) is 6.33 Å². The molecule has 3 heterocycles. The number of aliphatic hydroxyl groups excluding tert-OH is 2. The molecule has 3 N–H and O–H groups in total. The van der Waals surface area contributed by atoms with E-state index in [-0.39, 0.29) is 11.2 Å². The number of alkyl halides is 2. The van der Waals surface area contributed by atoms with E-state index in [1.807, 2.05) is 0 Å². The van der Waals surface area contributed by atoms with Crippen LogP contribution in [-0.2, 0) is 4.74 Å². The van der Waals surface area contributed by atoms with Crippen molar-refractivity contribution in [2.24, 2.45) is 0 Å². The largest absolute Gasteiger partial charge is 0.394 e. The van der Waals surface area contributed by atoms with E-state index in [2.05, 4.69) is 15.0 Å². The first kappa shape index (κ1) is 13.4. The number of ether oxygens (including phenoxy) is 1. The van der Waals surface area contributed by atoms with Crippen LogP contribution in [-0.4, -0.2) is 53.7 Å². The molecule has 1 aliphatic rings. The van der Waals surface area contributed by atoms with Crippen molar-refractivity contribution in [3.63, 3.8) is 0 Å². The molecule has 108 valence electrons. The number of fused-ring (bicyclic) bond motifs is 1. The van der Waals surface area contributed by atoms with Gasteiger partial charge in [0.2, 0.25) is 0 Å². The molecule has 2 aromatic rings. The molecule has 0 aromatic carbocycles. The Bertz CT molecular complexity index is 702. The minimum absolute atomic E-state index is 0.0607. The number of H-pyrrole nitrogens is 1. The fraction of sp³-hybridized carbons (Fsp3) is 0.500. The van der Waals surface area contributed by atoms with E-state index >= 15 is 0 Å². The lowest BCUT2D eigenvalue weighted by Gasteiger charge is -2.22. The van der Waals surface area contributed by atoms with Gasteiger partial charge >= 0.3 is 0 Å². The molecule has 1 fully saturated rings. The minimum atomic E-state index is -2.76. The second kappa shape index (κ2) is 4.48. The summed E-state index contributed by atoms with van der Waals surface area (Å²) in [6, 6.07) is 0. The van der Waals surface area contributed by atoms with Crippen molar-refractivity contribution >= 4 is 22.8 Å². The molecule has 10 heteroatoms. The minimum Gasteiger partial charge on any atom is -0.394 e. The molecule has 3 rings (SSSR count). The van der Waals surface area contributed by atoms with Gasteiger partial charge in [0.1, 0.15) is 18.5 Å². The Morgan fingerprint density at radius 2 is 2.35 bits per heavy atom. The van der Waals surface area contributed by atoms with Gasteiger partial charge < -0.3 is 19.9 Å². The molecule has 2 aromatic heterocycles. The topological polar surface area (TPSA) is 113 Å². The van der Waals surface area contributed by atoms with Crippen LogP contribution in [0.15, 0.2) is 17.4 Å². The summed E-state index contributed by atoms with van der Waals surface area (Å²) in [5.74, 6) is 0. The van der Waals surface area contributed by atoms with Crippen molar-refractivity contribution in [1.29, 1.82) is 0 Å². The highest BCUT2D eigenvalue weighted by Crippen LogP contribution is 2.43. The first-order valence-electron chi connectivity index (χ1n) is 5.69. The van der Waals surface area contributed by atoms with Gasteiger partial charge in [-0.1, -0.05) is 11.6 Å². The molecule has 20 heavy (non-hydrogen) atoms. The lowest BCUT2D eigenvalue weighted by Crippen LogP contribution is -2.40. The van der Waals surface area contributed by atoms with Crippen molar-refractivity contribution in [2.45, 2.75) is 23.6 Å². The number of hydrogen-bond donors (Lipinski definition) is 3. The summed E-state index contributed by atoms with van der Waals surface area (Å²) in [5, 5.41) is 15.9. The first-order valence-corrected chi connectivity index (χ1v) is 6.07. The van der Waals surface area contributed by atoms with Crippen molar-refractivity contribution in [2.75, 3.05) is 6.61 Å². The molecule has 0 bridgehead atoms. The Balaban J connectivity index is 2.11. The Kier molecular flexibility index (Phi) is 3.01. The molecule has 4 atom stereocenters. The predicted octanol–water partition coefficient (Wildman–Crippen LogP) is -0.725. The molecule has 0 amide bonds. The summed E-state index contributed by atoms with van der Waals surface area (Å²) in [4.78, 5) is 22.4. The first-order chi connectivity index (χ1) is 9.46. The van der Waals surface area contributed by atoms with Crippen LogP contribution in [0.5, 0.6) is 0 Å². The van der Waals surface area contributed by atoms with Crippen molar-refractivity contribution < 1.29 is 19.3 Å². The number of hydrogen-bond acceptors (Lipinski definition) is 6. The Morgan fingerprint density at radius 1 is 1.60 bits per heavy atom. The van der Waals surface area contributed by atoms with Gasteiger partial charge in [-0.25, -0.2) is 14.4 Å². The standard InChI is InChI=1S/C10H10ClFN4O4/c11-10(12)6(18)4(1-17)20-9(10)16-3-15-7-5(8(16)19)13-2-14-7/h2-4,6,9,17-18H,1H2,(H,13,14). The third kappa shape index (κ3) is 1.74. The maximum Gasteiger partial charge on any atom is 0.281 e. The SMILES string of the molecule is O=c1c2[nH]cnc2ncn1C1OC(CO)C(O)C1(F)Cl. The van der Waals surface area contributed by atoms with Crippen LogP contribution >= 0.6 is 11.6 Å². The number of rotatable bonds is 2. The van der Waals surface area contributed by atoms with Gasteiger partial charge in [-0.2, -0.15) is 0 Å². The molecular weight excluding hydrogens is 295 g/mol. The Morgan fingerprint density at radius 3 is 3.00 bits per heavy atom. The number of aliphatic hydroxyl groups is 2. The maximum atomic E-state index is 14.4. The van der Waals surface area contributed by atoms with Crippen LogP contribution in [0.2, 0.25) is 0 Å². The summed E-state index contributed by atoms with van der Waals surface area (Å²) < 4.78 is 20.3. The second-order valence-electron chi connectivity index (χ2n) is 4.39. The number of imidazole rings is 1. The maximum absolute atomic E-state index is 14.4. The summed E-state index contributed by atoms with van der Waals surface area (Å²) >= 11 is 5.62. The zero-order chi connectivity index (χ0) is 14.5. The smallest absolute Gasteiger partial charge is 0.281 e. The van der Waals surface area contributed by atoms with E-state index in [9.17, 15) is 14.3 Å². The fourth-order valence-corrected chi connectivity index (χ4v) is 2.42. The molecule has 0 radical (unpaired) electrons. The summed E-state index contributed by atoms with van der Waals surface area (Å²) in [5.41, 5.74) is -0.418. The average molecular weight is 305 g/mol. The van der Waals surface area contributed by atoms with E-state index in [0.717, 1.165) is 10.9 Å². The zero-order valence-corrected chi connectivity index (χ0v) is 10.7. The van der Waals surface area contributed by atoms with Crippen molar-refractivity contribution in [1.82, 2.24) is 19.5 Å². The van der Waals surface area contributed by atoms with Crippen LogP contribution in [0.1, 0.15) is 6.23 Å². The molecular formula is C10H10ClFN4O4. The zero-order valence-electron chi connectivity index (χ0n) is 9.90. The molecule has 4 unspecified atom stereocenters. The highest BCUT2D eigenvalue weighted by molar-refractivity contribution is 6.23. The summed E-state index contributed by atoms with van der Waals surface area (Å²) in [7, 11) is 0. The van der Waals surface area contributed by atoms with Gasteiger partial charge in [0.25, 0.3) is 10.7 Å². The summed E-state index contributed by atoms with van der Waals surface area (Å²) in [6.45, 7) is -0.634. The van der Waals surface area contributed by atoms with Crippen LogP contribution in [0.3, 0.4) is 0 Å². The van der Waals surface area contributed by atoms with Gasteiger partial charge in [0, 0.05) is 0 Å². The number of halogens is 2. The number of aromatic amines is 1. The van der Waals surface area contributed by atoms with Gasteiger partial charge in [0.05, 0.1) is 12.9 Å². The van der Waals surface area contributed by atoms with Crippen LogP contribution < -0.4 is 5.56 Å². The third-order valence-electron chi connectivity index (χ3n) is 3.18. The normalized spacial score (nSPS) is 33.9. The fourth-order valence-electron chi connectivity index (χ4n) is 2.13. The van der Waals surface area contributed by atoms with E-state index < -0.39 is 35.7 Å². The molecule has 0 aliphatic carbocycles. The highest BCUT2D eigenvalue weighted by atomic mass is 35.5. The molecule has 0 saturated carbocycles. The molecule has 1 saturated heterocycles. The van der Waals surface area contributed by atoms with Crippen molar-refractivity contribution in [3.8, 4) is 0 Å². The summed E-state index contributed by atoms with van der Waals surface area (Å²) in [6.07, 6.45) is -2.31. The van der Waals surface area contributed by atoms with Crippen LogP contribution in [0, 0.1) is 0 Å². The quantitative estimate of drug-likeness (QED) is 0.631. The van der Waals surface area contributed by atoms with E-state index in [1.54, 1.807) is 0 Å². The van der Waals surface area contributed by atoms with Crippen molar-refractivity contribution in [3.05, 3.63) is 23.0 Å². The van der Waals surface area contributed by atoms with E-state index in [4.69, 9.17) is 21.4 Å². The lowest BCUT2D eigenvalue weighted by molar-refractivity contribution is -0.0514. The predicted molar refractivity (Wildman–Crippen MR) is 64.8 cm³/mol. The average Bonchev–Trinajstić information content (AvgIpc) is 2.97. The number of aromatic nitrogens is 4. The molecule has 0 spiro atoms. The van der Waals surface area contributed by atoms with Gasteiger partial charge in [-0.15, -0.1) is 0 Å². The van der Waals surface area contributed by atoms with E-state index in [0.29, 0.717) is 0 Å². The van der Waals surface area contributed by atoms with Crippen LogP contribution in [0.4, 0.5) is 4.39 Å². The third-order valence-corrected chi connectivity index (χ3v) is 3.59. The highest BCUT2D eigenvalue weighted by Gasteiger charge is 2.57. The van der Waals surface area contributed by atoms with Crippen LogP contribution in [0.25, 0.3) is 11.2 Å². The number of nitrogens with zero attached hydrogens (tertiary/aromatic N) is 3. The van der Waals surface area contributed by atoms with Gasteiger partial charge in [-0.05, 0) is 0 Å². The lowest BCUT2D eigenvalue weighted by atomic mass is 10.1. The number of nitrogens with one attached hydrogen (secondary N) is 1. The molecule has 8 nitrogen and oxygen atoms in total. The molecule has 1 aliphatic heterocycles. The van der Waals surface area contributed by atoms with Gasteiger partial charge in [-0.3, -0.25) is 9.36 Å². The Hall–Kier alpha value is -1.55. The van der Waals surface area contributed by atoms with Gasteiger partial charge in [0.15, 0.2) is 17.4 Å². The Labute approximate surface area is 115 Å². The second-order valence-corrected chi connectivity index (χ2v) is 4.97.